The summed E-state index contributed by atoms with van der Waals surface area (Å²) in [5, 5.41) is 6.92. The second kappa shape index (κ2) is 14.1. The number of hydrogen-bond donors (Lipinski definition) is 2. The molecular formula is C33H44N2O2. The minimum absolute atomic E-state index is 0.0536. The first kappa shape index (κ1) is 28.6. The number of carbonyl (C=O) groups excluding carboxylic acids is 1. The van der Waals surface area contributed by atoms with Crippen molar-refractivity contribution in [3.8, 4) is 0 Å². The van der Waals surface area contributed by atoms with Crippen LogP contribution in [-0.2, 0) is 15.1 Å². The number of nitrogens with one attached hydrogen (secondary N) is 2. The normalized spacial score (nSPS) is 14.1. The van der Waals surface area contributed by atoms with Gasteiger partial charge in [0.1, 0.15) is 0 Å². The van der Waals surface area contributed by atoms with Crippen LogP contribution in [-0.4, -0.2) is 25.6 Å². The summed E-state index contributed by atoms with van der Waals surface area (Å²) < 4.78 is 6.12. The molecule has 0 heterocycles. The molecule has 1 unspecified atom stereocenters. The van der Waals surface area contributed by atoms with E-state index in [4.69, 9.17) is 4.74 Å². The van der Waals surface area contributed by atoms with Gasteiger partial charge in [-0.1, -0.05) is 119 Å². The lowest BCUT2D eigenvalue weighted by atomic mass is 9.79. The molecule has 0 radical (unpaired) electrons. The molecular weight excluding hydrogens is 456 g/mol. The van der Waals surface area contributed by atoms with E-state index in [0.29, 0.717) is 18.4 Å². The Morgan fingerprint density at radius 2 is 1.32 bits per heavy atom. The van der Waals surface area contributed by atoms with Crippen LogP contribution >= 0.6 is 0 Å². The maximum Gasteiger partial charge on any atom is 0.237 e. The summed E-state index contributed by atoms with van der Waals surface area (Å²) in [6.45, 7) is 9.34. The monoisotopic (exact) mass is 500 g/mol. The maximum absolute atomic E-state index is 13.5. The average Bonchev–Trinajstić information content (AvgIpc) is 2.92. The van der Waals surface area contributed by atoms with E-state index in [1.165, 1.54) is 5.56 Å². The first-order valence-electron chi connectivity index (χ1n) is 13.6. The van der Waals surface area contributed by atoms with Gasteiger partial charge < -0.3 is 10.1 Å². The molecule has 3 rings (SSSR count). The number of benzene rings is 3. The van der Waals surface area contributed by atoms with Crippen molar-refractivity contribution < 1.29 is 9.53 Å². The third kappa shape index (κ3) is 7.77. The number of ether oxygens (including phenoxy) is 1. The van der Waals surface area contributed by atoms with E-state index in [9.17, 15) is 4.79 Å². The van der Waals surface area contributed by atoms with Crippen LogP contribution in [0.5, 0.6) is 0 Å². The van der Waals surface area contributed by atoms with Crippen LogP contribution in [0, 0.1) is 11.8 Å². The van der Waals surface area contributed by atoms with Gasteiger partial charge in [-0.15, -0.1) is 0 Å². The van der Waals surface area contributed by atoms with Crippen molar-refractivity contribution in [3.05, 3.63) is 108 Å². The van der Waals surface area contributed by atoms with E-state index >= 15 is 0 Å². The minimum Gasteiger partial charge on any atom is -0.373 e. The van der Waals surface area contributed by atoms with E-state index in [0.717, 1.165) is 30.4 Å². The number of amides is 1. The largest absolute Gasteiger partial charge is 0.373 e. The van der Waals surface area contributed by atoms with Gasteiger partial charge in [-0.25, -0.2) is 0 Å². The zero-order valence-corrected chi connectivity index (χ0v) is 23.1. The summed E-state index contributed by atoms with van der Waals surface area (Å²) >= 11 is 0. The predicted molar refractivity (Wildman–Crippen MR) is 153 cm³/mol. The lowest BCUT2D eigenvalue weighted by Crippen LogP contribution is -2.47. The topological polar surface area (TPSA) is 50.4 Å². The van der Waals surface area contributed by atoms with Gasteiger partial charge in [0.15, 0.2) is 0 Å². The molecule has 0 aliphatic heterocycles. The molecule has 0 bridgehead atoms. The molecule has 198 valence electrons. The summed E-state index contributed by atoms with van der Waals surface area (Å²) in [4.78, 5) is 13.5. The Kier molecular flexibility index (Phi) is 10.9. The Labute approximate surface area is 223 Å². The number of rotatable bonds is 14. The van der Waals surface area contributed by atoms with Crippen LogP contribution in [0.2, 0.25) is 0 Å². The van der Waals surface area contributed by atoms with Crippen molar-refractivity contribution in [2.24, 2.45) is 11.8 Å². The molecule has 0 aliphatic rings. The molecule has 0 saturated carbocycles. The van der Waals surface area contributed by atoms with Gasteiger partial charge in [-0.2, -0.15) is 0 Å². The summed E-state index contributed by atoms with van der Waals surface area (Å²) in [7, 11) is 1.79. The highest BCUT2D eigenvalue weighted by atomic mass is 16.5. The molecule has 2 N–H and O–H groups in total. The van der Waals surface area contributed by atoms with E-state index < -0.39 is 0 Å². The van der Waals surface area contributed by atoms with Gasteiger partial charge in [0.2, 0.25) is 5.91 Å². The molecule has 0 aromatic heterocycles. The van der Waals surface area contributed by atoms with Gasteiger partial charge in [0.05, 0.1) is 17.7 Å². The average molecular weight is 501 g/mol. The Balaban J connectivity index is 1.70. The number of hydrogen-bond acceptors (Lipinski definition) is 3. The van der Waals surface area contributed by atoms with Gasteiger partial charge in [-0.05, 0) is 47.8 Å². The quantitative estimate of drug-likeness (QED) is 0.237. The zero-order chi connectivity index (χ0) is 26.7. The highest BCUT2D eigenvalue weighted by Gasteiger charge is 2.35. The van der Waals surface area contributed by atoms with Crippen molar-refractivity contribution in [2.75, 3.05) is 13.7 Å². The molecule has 0 fully saturated rings. The molecule has 4 heteroatoms. The highest BCUT2D eigenvalue weighted by molar-refractivity contribution is 5.81. The van der Waals surface area contributed by atoms with Gasteiger partial charge in [-0.3, -0.25) is 10.1 Å². The highest BCUT2D eigenvalue weighted by Crippen LogP contribution is 2.37. The summed E-state index contributed by atoms with van der Waals surface area (Å²) in [5.41, 5.74) is 3.12. The third-order valence-electron chi connectivity index (χ3n) is 7.24. The van der Waals surface area contributed by atoms with Gasteiger partial charge >= 0.3 is 0 Å². The Morgan fingerprint density at radius 1 is 0.811 bits per heavy atom. The molecule has 4 nitrogen and oxygen atoms in total. The second-order valence-corrected chi connectivity index (χ2v) is 10.6. The predicted octanol–water partition coefficient (Wildman–Crippen LogP) is 6.87. The lowest BCUT2D eigenvalue weighted by molar-refractivity contribution is -0.123. The Bertz CT molecular complexity index is 1010. The summed E-state index contributed by atoms with van der Waals surface area (Å²) in [6.07, 6.45) is 2.44. The van der Waals surface area contributed by atoms with E-state index in [1.807, 2.05) is 42.5 Å². The van der Waals surface area contributed by atoms with Crippen molar-refractivity contribution in [3.63, 3.8) is 0 Å². The minimum atomic E-state index is -0.368. The lowest BCUT2D eigenvalue weighted by Gasteiger charge is -2.37. The molecule has 0 saturated heterocycles. The molecule has 0 aliphatic carbocycles. The fraction of sp³-hybridized carbons (Fsp3) is 0.424. The molecule has 37 heavy (non-hydrogen) atoms. The first-order valence-corrected chi connectivity index (χ1v) is 13.6. The third-order valence-corrected chi connectivity index (χ3v) is 7.24. The molecule has 1 amide bonds. The summed E-state index contributed by atoms with van der Waals surface area (Å²) in [6, 6.07) is 30.8. The van der Waals surface area contributed by atoms with Crippen LogP contribution in [0.4, 0.5) is 0 Å². The molecule has 3 aromatic rings. The van der Waals surface area contributed by atoms with Crippen molar-refractivity contribution in [1.29, 1.82) is 0 Å². The van der Waals surface area contributed by atoms with Crippen LogP contribution in [0.15, 0.2) is 91.0 Å². The second-order valence-electron chi connectivity index (χ2n) is 10.6. The Hall–Kier alpha value is -2.95. The standard InChI is InChI=1S/C33H44N2O2/c1-25(2)24-30(35-31(27-16-9-6-10-17-27)28-18-11-7-12-19-28)32(36)34-23-15-22-33(37-5,26(3)4)29-20-13-8-14-21-29/h6-14,16-21,25-26,30-31,35H,15,22-24H2,1-5H3,(H,34,36)/t30?,33-/m0/s1. The van der Waals surface area contributed by atoms with Crippen LogP contribution < -0.4 is 10.6 Å². The van der Waals surface area contributed by atoms with E-state index in [-0.39, 0.29) is 23.6 Å². The summed E-state index contributed by atoms with van der Waals surface area (Å²) in [5.74, 6) is 0.747. The smallest absolute Gasteiger partial charge is 0.237 e. The fourth-order valence-corrected chi connectivity index (χ4v) is 5.23. The Morgan fingerprint density at radius 3 is 1.78 bits per heavy atom. The van der Waals surface area contributed by atoms with Gasteiger partial charge in [0, 0.05) is 13.7 Å². The van der Waals surface area contributed by atoms with Crippen molar-refractivity contribution >= 4 is 5.91 Å². The van der Waals surface area contributed by atoms with Crippen molar-refractivity contribution in [2.45, 2.75) is 64.6 Å². The van der Waals surface area contributed by atoms with Gasteiger partial charge in [0.25, 0.3) is 0 Å². The molecule has 2 atom stereocenters. The maximum atomic E-state index is 13.5. The first-order chi connectivity index (χ1) is 17.9. The SMILES string of the molecule is CO[C@](CCCNC(=O)C(CC(C)C)NC(c1ccccc1)c1ccccc1)(c1ccccc1)C(C)C. The molecule has 0 spiro atoms. The number of methoxy groups -OCH3 is 1. The number of carbonyl (C=O) groups is 1. The van der Waals surface area contributed by atoms with Crippen LogP contribution in [0.25, 0.3) is 0 Å². The van der Waals surface area contributed by atoms with E-state index in [1.54, 1.807) is 7.11 Å². The fourth-order valence-electron chi connectivity index (χ4n) is 5.23. The van der Waals surface area contributed by atoms with E-state index in [2.05, 4.69) is 86.9 Å². The van der Waals surface area contributed by atoms with Crippen LogP contribution in [0.1, 0.15) is 69.7 Å². The van der Waals surface area contributed by atoms with Crippen molar-refractivity contribution in [1.82, 2.24) is 10.6 Å². The molecule has 3 aromatic carbocycles. The van der Waals surface area contributed by atoms with Crippen LogP contribution in [0.3, 0.4) is 0 Å². The zero-order valence-electron chi connectivity index (χ0n) is 23.1.